The number of rotatable bonds is 3. The molecule has 0 saturated carbocycles. The van der Waals surface area contributed by atoms with Gasteiger partial charge in [-0.2, -0.15) is 5.10 Å². The van der Waals surface area contributed by atoms with Gasteiger partial charge in [0.15, 0.2) is 0 Å². The van der Waals surface area contributed by atoms with E-state index in [4.69, 9.17) is 9.47 Å². The lowest BCUT2D eigenvalue weighted by Gasteiger charge is -2.44. The number of benzene rings is 1. The average molecular weight is 327 g/mol. The van der Waals surface area contributed by atoms with Gasteiger partial charge in [0.25, 0.3) is 0 Å². The summed E-state index contributed by atoms with van der Waals surface area (Å²) < 4.78 is 13.9. The number of aromatic nitrogens is 2. The Morgan fingerprint density at radius 1 is 1.29 bits per heavy atom. The Labute approximate surface area is 143 Å². The summed E-state index contributed by atoms with van der Waals surface area (Å²) in [5.74, 6) is 1.02. The molecule has 1 spiro atoms. The number of fused-ring (bicyclic) bond motifs is 1. The van der Waals surface area contributed by atoms with Crippen LogP contribution in [0.4, 0.5) is 0 Å². The van der Waals surface area contributed by atoms with Gasteiger partial charge in [0.05, 0.1) is 19.4 Å². The van der Waals surface area contributed by atoms with Gasteiger partial charge in [0.1, 0.15) is 11.4 Å². The Bertz CT molecular complexity index is 719. The summed E-state index contributed by atoms with van der Waals surface area (Å²) in [7, 11) is 1.99. The molecule has 0 radical (unpaired) electrons. The van der Waals surface area contributed by atoms with E-state index in [1.807, 2.05) is 17.9 Å². The minimum Gasteiger partial charge on any atom is -0.487 e. The third kappa shape index (κ3) is 2.82. The summed E-state index contributed by atoms with van der Waals surface area (Å²) in [5.41, 5.74) is 3.64. The highest BCUT2D eigenvalue weighted by Crippen LogP contribution is 2.43. The summed E-state index contributed by atoms with van der Waals surface area (Å²) in [4.78, 5) is 0. The first-order valence-corrected chi connectivity index (χ1v) is 8.73. The van der Waals surface area contributed by atoms with Crippen molar-refractivity contribution in [3.05, 3.63) is 47.3 Å². The topological polar surface area (TPSA) is 48.3 Å². The first-order valence-electron chi connectivity index (χ1n) is 8.73. The fraction of sp³-hybridized carbons (Fsp3) is 0.526. The highest BCUT2D eigenvalue weighted by molar-refractivity contribution is 5.39. The summed E-state index contributed by atoms with van der Waals surface area (Å²) in [6, 6.07) is 8.71. The van der Waals surface area contributed by atoms with Crippen molar-refractivity contribution >= 4 is 0 Å². The second-order valence-electron chi connectivity index (χ2n) is 6.95. The number of hydrogen-bond donors (Lipinski definition) is 1. The fourth-order valence-electron chi connectivity index (χ4n) is 3.80. The van der Waals surface area contributed by atoms with Crippen LogP contribution in [0.3, 0.4) is 0 Å². The van der Waals surface area contributed by atoms with Crippen molar-refractivity contribution in [3.63, 3.8) is 0 Å². The van der Waals surface area contributed by atoms with E-state index in [0.717, 1.165) is 44.8 Å². The normalized spacial score (nSPS) is 22.2. The molecule has 0 unspecified atom stereocenters. The minimum absolute atomic E-state index is 0.0890. The Balaban J connectivity index is 1.57. The lowest BCUT2D eigenvalue weighted by atomic mass is 9.82. The molecular formula is C19H25N3O2. The second-order valence-corrected chi connectivity index (χ2v) is 6.95. The zero-order valence-corrected chi connectivity index (χ0v) is 14.4. The van der Waals surface area contributed by atoms with Gasteiger partial charge >= 0.3 is 0 Å². The van der Waals surface area contributed by atoms with Gasteiger partial charge in [0.2, 0.25) is 0 Å². The molecule has 5 nitrogen and oxygen atoms in total. The zero-order chi connectivity index (χ0) is 16.6. The Morgan fingerprint density at radius 3 is 2.83 bits per heavy atom. The fourth-order valence-corrected chi connectivity index (χ4v) is 3.80. The number of hydrogen-bond acceptors (Lipinski definition) is 4. The quantitative estimate of drug-likeness (QED) is 0.942. The molecule has 2 aliphatic rings. The molecule has 1 aromatic carbocycles. The molecule has 24 heavy (non-hydrogen) atoms. The molecule has 1 fully saturated rings. The van der Waals surface area contributed by atoms with Crippen molar-refractivity contribution in [2.45, 2.75) is 44.4 Å². The molecule has 3 heterocycles. The highest BCUT2D eigenvalue weighted by Gasteiger charge is 2.42. The van der Waals surface area contributed by atoms with Crippen molar-refractivity contribution in [1.82, 2.24) is 15.1 Å². The van der Waals surface area contributed by atoms with Crippen molar-refractivity contribution in [2.75, 3.05) is 13.2 Å². The van der Waals surface area contributed by atoms with Gasteiger partial charge in [-0.15, -0.1) is 0 Å². The predicted octanol–water partition coefficient (Wildman–Crippen LogP) is 2.89. The van der Waals surface area contributed by atoms with E-state index in [1.54, 1.807) is 0 Å². The number of nitrogens with one attached hydrogen (secondary N) is 1. The van der Waals surface area contributed by atoms with Gasteiger partial charge in [-0.1, -0.05) is 18.2 Å². The van der Waals surface area contributed by atoms with E-state index in [2.05, 4.69) is 41.6 Å². The van der Waals surface area contributed by atoms with Gasteiger partial charge in [0, 0.05) is 55.7 Å². The van der Waals surface area contributed by atoms with Crippen molar-refractivity contribution in [3.8, 4) is 5.75 Å². The maximum atomic E-state index is 6.43. The van der Waals surface area contributed by atoms with Crippen LogP contribution in [0.1, 0.15) is 42.1 Å². The molecule has 2 aliphatic heterocycles. The van der Waals surface area contributed by atoms with Crippen LogP contribution in [0.25, 0.3) is 0 Å². The van der Waals surface area contributed by atoms with Crippen molar-refractivity contribution < 1.29 is 9.47 Å². The van der Waals surface area contributed by atoms with E-state index in [1.165, 1.54) is 16.8 Å². The SMILES string of the molecule is Cc1c(CN[C@H]2CC3(CCOCC3)Oc3ccccc32)cnn1C. The summed E-state index contributed by atoms with van der Waals surface area (Å²) in [6.45, 7) is 4.51. The standard InChI is InChI=1S/C19H25N3O2/c1-14-15(13-21-22(14)2)12-20-17-11-19(7-9-23-10-8-19)24-18-6-4-3-5-16(17)18/h3-6,13,17,20H,7-12H2,1-2H3/t17-/m0/s1. The lowest BCUT2D eigenvalue weighted by molar-refractivity contribution is -0.0647. The van der Waals surface area contributed by atoms with Crippen LogP contribution in [0, 0.1) is 6.92 Å². The van der Waals surface area contributed by atoms with Crippen LogP contribution < -0.4 is 10.1 Å². The van der Waals surface area contributed by atoms with Gasteiger partial charge in [-0.05, 0) is 13.0 Å². The molecule has 1 aromatic heterocycles. The molecule has 1 saturated heterocycles. The Hall–Kier alpha value is -1.85. The molecule has 1 N–H and O–H groups in total. The van der Waals surface area contributed by atoms with Crippen LogP contribution in [-0.4, -0.2) is 28.6 Å². The van der Waals surface area contributed by atoms with Crippen molar-refractivity contribution in [1.29, 1.82) is 0 Å². The van der Waals surface area contributed by atoms with Crippen molar-refractivity contribution in [2.24, 2.45) is 7.05 Å². The van der Waals surface area contributed by atoms with E-state index < -0.39 is 0 Å². The monoisotopic (exact) mass is 327 g/mol. The van der Waals surface area contributed by atoms with Crippen LogP contribution in [0.5, 0.6) is 5.75 Å². The molecule has 128 valence electrons. The van der Waals surface area contributed by atoms with Crippen LogP contribution >= 0.6 is 0 Å². The second kappa shape index (κ2) is 6.22. The molecule has 0 aliphatic carbocycles. The van der Waals surface area contributed by atoms with Gasteiger partial charge < -0.3 is 14.8 Å². The molecule has 1 atom stereocenters. The lowest BCUT2D eigenvalue weighted by Crippen LogP contribution is -2.47. The van der Waals surface area contributed by atoms with E-state index in [0.29, 0.717) is 6.04 Å². The third-order valence-electron chi connectivity index (χ3n) is 5.48. The Morgan fingerprint density at radius 2 is 2.08 bits per heavy atom. The number of ether oxygens (including phenoxy) is 2. The zero-order valence-electron chi connectivity index (χ0n) is 14.4. The van der Waals surface area contributed by atoms with E-state index in [-0.39, 0.29) is 5.60 Å². The minimum atomic E-state index is -0.0890. The highest BCUT2D eigenvalue weighted by atomic mass is 16.5. The van der Waals surface area contributed by atoms with Gasteiger partial charge in [-0.25, -0.2) is 0 Å². The molecule has 4 rings (SSSR count). The van der Waals surface area contributed by atoms with Gasteiger partial charge in [-0.3, -0.25) is 4.68 Å². The largest absolute Gasteiger partial charge is 0.487 e. The smallest absolute Gasteiger partial charge is 0.124 e. The first-order chi connectivity index (χ1) is 11.7. The maximum absolute atomic E-state index is 6.43. The van der Waals surface area contributed by atoms with Crippen LogP contribution in [-0.2, 0) is 18.3 Å². The first kappa shape index (κ1) is 15.7. The van der Waals surface area contributed by atoms with E-state index >= 15 is 0 Å². The summed E-state index contributed by atoms with van der Waals surface area (Å²) in [5, 5.41) is 8.09. The number of nitrogens with zero attached hydrogens (tertiary/aromatic N) is 2. The summed E-state index contributed by atoms with van der Waals surface area (Å²) >= 11 is 0. The van der Waals surface area contributed by atoms with Crippen LogP contribution in [0.15, 0.2) is 30.5 Å². The third-order valence-corrected chi connectivity index (χ3v) is 5.48. The predicted molar refractivity (Wildman–Crippen MR) is 92.0 cm³/mol. The summed E-state index contributed by atoms with van der Waals surface area (Å²) in [6.07, 6.45) is 4.88. The molecule has 0 bridgehead atoms. The molecular weight excluding hydrogens is 302 g/mol. The van der Waals surface area contributed by atoms with Crippen LogP contribution in [0.2, 0.25) is 0 Å². The Kier molecular flexibility index (Phi) is 4.06. The number of para-hydroxylation sites is 1. The molecule has 0 amide bonds. The number of aryl methyl sites for hydroxylation is 1. The average Bonchev–Trinajstić information content (AvgIpc) is 2.92. The molecule has 5 heteroatoms. The molecule has 2 aromatic rings. The maximum Gasteiger partial charge on any atom is 0.124 e. The van der Waals surface area contributed by atoms with E-state index in [9.17, 15) is 0 Å².